The summed E-state index contributed by atoms with van der Waals surface area (Å²) in [6, 6.07) is 0. The summed E-state index contributed by atoms with van der Waals surface area (Å²) in [5.41, 5.74) is 0. The van der Waals surface area contributed by atoms with Crippen LogP contribution in [0.1, 0.15) is 45.4 Å². The number of nitrogens with zero attached hydrogens (tertiary/aromatic N) is 2. The Labute approximate surface area is 116 Å². The number of hydrogen-bond donors (Lipinski definition) is 1. The van der Waals surface area contributed by atoms with Gasteiger partial charge in [-0.15, -0.1) is 11.3 Å². The van der Waals surface area contributed by atoms with E-state index in [4.69, 9.17) is 0 Å². The fourth-order valence-electron chi connectivity index (χ4n) is 1.97. The standard InChI is InChI=1S/C14H27N3S/c1-5-12(6-2)11-17(8-4)14-16-10-13(18-14)9-15-7-3/h10,12,15H,5-9,11H2,1-4H3. The zero-order chi connectivity index (χ0) is 13.4. The monoisotopic (exact) mass is 269 g/mol. The lowest BCUT2D eigenvalue weighted by atomic mass is 10.0. The van der Waals surface area contributed by atoms with E-state index in [0.29, 0.717) is 0 Å². The van der Waals surface area contributed by atoms with Crippen LogP contribution in [0.5, 0.6) is 0 Å². The van der Waals surface area contributed by atoms with Crippen LogP contribution in [0.2, 0.25) is 0 Å². The third-order valence-electron chi connectivity index (χ3n) is 3.38. The van der Waals surface area contributed by atoms with Crippen molar-refractivity contribution in [3.05, 3.63) is 11.1 Å². The quantitative estimate of drug-likeness (QED) is 0.743. The molecule has 4 heteroatoms. The third-order valence-corrected chi connectivity index (χ3v) is 4.43. The van der Waals surface area contributed by atoms with Crippen molar-refractivity contribution in [2.45, 2.75) is 47.1 Å². The molecule has 18 heavy (non-hydrogen) atoms. The average molecular weight is 269 g/mol. The van der Waals surface area contributed by atoms with Crippen LogP contribution in [0.15, 0.2) is 6.20 Å². The van der Waals surface area contributed by atoms with E-state index in [0.717, 1.165) is 32.1 Å². The maximum atomic E-state index is 4.57. The minimum Gasteiger partial charge on any atom is -0.348 e. The molecule has 3 nitrogen and oxygen atoms in total. The van der Waals surface area contributed by atoms with E-state index in [-0.39, 0.29) is 0 Å². The van der Waals surface area contributed by atoms with Gasteiger partial charge in [-0.05, 0) is 19.4 Å². The van der Waals surface area contributed by atoms with Gasteiger partial charge in [-0.1, -0.05) is 33.6 Å². The van der Waals surface area contributed by atoms with Crippen LogP contribution >= 0.6 is 11.3 Å². The lowest BCUT2D eigenvalue weighted by Gasteiger charge is -2.24. The van der Waals surface area contributed by atoms with Crippen LogP contribution in [0.4, 0.5) is 5.13 Å². The summed E-state index contributed by atoms with van der Waals surface area (Å²) < 4.78 is 0. The minimum absolute atomic E-state index is 0.783. The first-order valence-electron chi connectivity index (χ1n) is 7.15. The van der Waals surface area contributed by atoms with Crippen molar-refractivity contribution in [1.29, 1.82) is 0 Å². The number of anilines is 1. The van der Waals surface area contributed by atoms with Crippen LogP contribution in [0.25, 0.3) is 0 Å². The zero-order valence-corrected chi connectivity index (χ0v) is 13.0. The van der Waals surface area contributed by atoms with Gasteiger partial charge in [0.1, 0.15) is 0 Å². The maximum Gasteiger partial charge on any atom is 0.185 e. The summed E-state index contributed by atoms with van der Waals surface area (Å²) in [6.07, 6.45) is 4.52. The molecule has 104 valence electrons. The average Bonchev–Trinajstić information content (AvgIpc) is 2.86. The molecular weight excluding hydrogens is 242 g/mol. The number of aromatic nitrogens is 1. The van der Waals surface area contributed by atoms with E-state index >= 15 is 0 Å². The first-order chi connectivity index (χ1) is 8.74. The summed E-state index contributed by atoms with van der Waals surface area (Å²) in [5.74, 6) is 0.783. The van der Waals surface area contributed by atoms with Crippen molar-refractivity contribution in [2.75, 3.05) is 24.5 Å². The normalized spacial score (nSPS) is 11.2. The van der Waals surface area contributed by atoms with Gasteiger partial charge in [0.2, 0.25) is 0 Å². The highest BCUT2D eigenvalue weighted by atomic mass is 32.1. The van der Waals surface area contributed by atoms with Gasteiger partial charge in [0.15, 0.2) is 5.13 Å². The van der Waals surface area contributed by atoms with Crippen molar-refractivity contribution < 1.29 is 0 Å². The van der Waals surface area contributed by atoms with Crippen molar-refractivity contribution in [3.63, 3.8) is 0 Å². The smallest absolute Gasteiger partial charge is 0.185 e. The molecule has 0 aliphatic heterocycles. The van der Waals surface area contributed by atoms with Gasteiger partial charge < -0.3 is 10.2 Å². The van der Waals surface area contributed by atoms with Crippen LogP contribution in [0, 0.1) is 5.92 Å². The van der Waals surface area contributed by atoms with E-state index in [1.54, 1.807) is 0 Å². The molecule has 0 unspecified atom stereocenters. The van der Waals surface area contributed by atoms with Gasteiger partial charge in [0.05, 0.1) is 0 Å². The summed E-state index contributed by atoms with van der Waals surface area (Å²) in [4.78, 5) is 8.31. The number of thiazole rings is 1. The Morgan fingerprint density at radius 3 is 2.56 bits per heavy atom. The first-order valence-corrected chi connectivity index (χ1v) is 7.97. The molecule has 0 saturated heterocycles. The van der Waals surface area contributed by atoms with Gasteiger partial charge in [-0.25, -0.2) is 4.98 Å². The molecule has 0 fully saturated rings. The number of nitrogens with one attached hydrogen (secondary N) is 1. The fraction of sp³-hybridized carbons (Fsp3) is 0.786. The summed E-state index contributed by atoms with van der Waals surface area (Å²) in [5, 5.41) is 4.53. The lowest BCUT2D eigenvalue weighted by molar-refractivity contribution is 0.486. The van der Waals surface area contributed by atoms with E-state index in [1.807, 2.05) is 17.5 Å². The molecule has 0 saturated carbocycles. The highest BCUT2D eigenvalue weighted by Crippen LogP contribution is 2.24. The molecule has 1 heterocycles. The molecule has 1 rings (SSSR count). The van der Waals surface area contributed by atoms with Crippen LogP contribution < -0.4 is 10.2 Å². The fourth-order valence-corrected chi connectivity index (χ4v) is 2.93. The Bertz CT molecular complexity index is 321. The Kier molecular flexibility index (Phi) is 7.28. The van der Waals surface area contributed by atoms with Gasteiger partial charge in [-0.3, -0.25) is 0 Å². The third kappa shape index (κ3) is 4.58. The van der Waals surface area contributed by atoms with Gasteiger partial charge in [0, 0.05) is 30.7 Å². The van der Waals surface area contributed by atoms with Gasteiger partial charge >= 0.3 is 0 Å². The SMILES string of the molecule is CCNCc1cnc(N(CC)CC(CC)CC)s1. The molecule has 0 spiro atoms. The van der Waals surface area contributed by atoms with Crippen molar-refractivity contribution >= 4 is 16.5 Å². The molecule has 1 aromatic heterocycles. The molecule has 0 radical (unpaired) electrons. The molecule has 0 aliphatic carbocycles. The maximum absolute atomic E-state index is 4.57. The van der Waals surface area contributed by atoms with Crippen molar-refractivity contribution in [3.8, 4) is 0 Å². The Balaban J connectivity index is 2.61. The summed E-state index contributed by atoms with van der Waals surface area (Å²) in [6.45, 7) is 13.0. The van der Waals surface area contributed by atoms with Crippen LogP contribution in [-0.2, 0) is 6.54 Å². The summed E-state index contributed by atoms with van der Waals surface area (Å²) in [7, 11) is 0. The topological polar surface area (TPSA) is 28.2 Å². The van der Waals surface area contributed by atoms with Crippen molar-refractivity contribution in [1.82, 2.24) is 10.3 Å². The van der Waals surface area contributed by atoms with Crippen LogP contribution in [-0.4, -0.2) is 24.6 Å². The number of rotatable bonds is 9. The Hall–Kier alpha value is -0.610. The van der Waals surface area contributed by atoms with Gasteiger partial charge in [0.25, 0.3) is 0 Å². The van der Waals surface area contributed by atoms with E-state index in [9.17, 15) is 0 Å². The van der Waals surface area contributed by atoms with E-state index < -0.39 is 0 Å². The molecule has 1 N–H and O–H groups in total. The minimum atomic E-state index is 0.783. The predicted octanol–water partition coefficient (Wildman–Crippen LogP) is 3.52. The zero-order valence-electron chi connectivity index (χ0n) is 12.2. The molecule has 0 aliphatic rings. The second-order valence-electron chi connectivity index (χ2n) is 4.61. The Morgan fingerprint density at radius 2 is 2.00 bits per heavy atom. The molecule has 0 amide bonds. The Morgan fingerprint density at radius 1 is 1.28 bits per heavy atom. The lowest BCUT2D eigenvalue weighted by Crippen LogP contribution is -2.28. The van der Waals surface area contributed by atoms with E-state index in [1.165, 1.54) is 22.9 Å². The molecule has 0 bridgehead atoms. The molecule has 0 atom stereocenters. The second-order valence-corrected chi connectivity index (χ2v) is 5.70. The first kappa shape index (κ1) is 15.4. The molecule has 0 aromatic carbocycles. The molecule has 1 aromatic rings. The van der Waals surface area contributed by atoms with Crippen LogP contribution in [0.3, 0.4) is 0 Å². The van der Waals surface area contributed by atoms with E-state index in [2.05, 4.69) is 42.9 Å². The van der Waals surface area contributed by atoms with Gasteiger partial charge in [-0.2, -0.15) is 0 Å². The highest BCUT2D eigenvalue weighted by Gasteiger charge is 2.13. The number of hydrogen-bond acceptors (Lipinski definition) is 4. The van der Waals surface area contributed by atoms with Crippen molar-refractivity contribution in [2.24, 2.45) is 5.92 Å². The summed E-state index contributed by atoms with van der Waals surface area (Å²) >= 11 is 1.82. The second kappa shape index (κ2) is 8.48. The predicted molar refractivity (Wildman–Crippen MR) is 81.5 cm³/mol. The largest absolute Gasteiger partial charge is 0.348 e. The molecular formula is C14H27N3S. The highest BCUT2D eigenvalue weighted by molar-refractivity contribution is 7.15.